The maximum Gasteiger partial charge on any atom is 0.290 e. The molecule has 19 heavy (non-hydrogen) atoms. The van der Waals surface area contributed by atoms with Crippen molar-refractivity contribution in [2.24, 2.45) is 0 Å². The number of amides is 1. The van der Waals surface area contributed by atoms with Gasteiger partial charge in [-0.1, -0.05) is 29.8 Å². The summed E-state index contributed by atoms with van der Waals surface area (Å²) in [5.41, 5.74) is 0. The highest BCUT2D eigenvalue weighted by atomic mass is 35.5. The van der Waals surface area contributed by atoms with E-state index in [0.29, 0.717) is 17.3 Å². The number of ether oxygens (including phenoxy) is 1. The molecule has 0 unspecified atom stereocenters. The van der Waals surface area contributed by atoms with Crippen LogP contribution in [0.15, 0.2) is 53.5 Å². The molecule has 0 bridgehead atoms. The molecule has 1 N–H and O–H groups in total. The Balaban J connectivity index is 2.07. The van der Waals surface area contributed by atoms with Crippen LogP contribution in [0.1, 0.15) is 10.6 Å². The van der Waals surface area contributed by atoms with E-state index in [4.69, 9.17) is 20.8 Å². The normalized spacial score (nSPS) is 9.95. The standard InChI is InChI=1S/C14H12ClNO3/c1-2-9-16-14(17)12-7-8-13(19-12)18-11-6-4-3-5-10(11)15/h2-8H,1,9H2,(H,16,17). The molecular formula is C14H12ClNO3. The van der Waals surface area contributed by atoms with E-state index in [2.05, 4.69) is 11.9 Å². The van der Waals surface area contributed by atoms with E-state index >= 15 is 0 Å². The monoisotopic (exact) mass is 277 g/mol. The Morgan fingerprint density at radius 1 is 1.37 bits per heavy atom. The summed E-state index contributed by atoms with van der Waals surface area (Å²) in [6, 6.07) is 10.1. The molecule has 4 nitrogen and oxygen atoms in total. The Kier molecular flexibility index (Phi) is 4.26. The molecule has 0 radical (unpaired) electrons. The average molecular weight is 278 g/mol. The summed E-state index contributed by atoms with van der Waals surface area (Å²) in [5, 5.41) is 3.07. The fourth-order valence-corrected chi connectivity index (χ4v) is 1.56. The van der Waals surface area contributed by atoms with E-state index in [1.54, 1.807) is 36.4 Å². The fraction of sp³-hybridized carbons (Fsp3) is 0.0714. The van der Waals surface area contributed by atoms with Gasteiger partial charge in [-0.05, 0) is 18.2 Å². The van der Waals surface area contributed by atoms with Crippen molar-refractivity contribution in [3.05, 3.63) is 59.8 Å². The zero-order valence-electron chi connectivity index (χ0n) is 10.1. The molecule has 1 amide bonds. The van der Waals surface area contributed by atoms with E-state index in [9.17, 15) is 4.79 Å². The van der Waals surface area contributed by atoms with Gasteiger partial charge in [0.05, 0.1) is 5.02 Å². The molecule has 0 atom stereocenters. The quantitative estimate of drug-likeness (QED) is 0.849. The molecule has 0 aliphatic carbocycles. The molecule has 0 aliphatic heterocycles. The van der Waals surface area contributed by atoms with Gasteiger partial charge in [-0.3, -0.25) is 4.79 Å². The fourth-order valence-electron chi connectivity index (χ4n) is 1.38. The molecule has 5 heteroatoms. The van der Waals surface area contributed by atoms with Gasteiger partial charge in [-0.2, -0.15) is 0 Å². The van der Waals surface area contributed by atoms with Crippen molar-refractivity contribution in [2.45, 2.75) is 0 Å². The van der Waals surface area contributed by atoms with Crippen LogP contribution in [0.5, 0.6) is 11.7 Å². The number of carbonyl (C=O) groups excluding carboxylic acids is 1. The second-order valence-corrected chi connectivity index (χ2v) is 4.06. The van der Waals surface area contributed by atoms with Gasteiger partial charge < -0.3 is 14.5 Å². The molecule has 2 rings (SSSR count). The van der Waals surface area contributed by atoms with Crippen LogP contribution in [0.2, 0.25) is 5.02 Å². The van der Waals surface area contributed by atoms with Gasteiger partial charge in [0, 0.05) is 12.6 Å². The van der Waals surface area contributed by atoms with Crippen LogP contribution in [0.25, 0.3) is 0 Å². The Morgan fingerprint density at radius 3 is 2.89 bits per heavy atom. The van der Waals surface area contributed by atoms with Gasteiger partial charge >= 0.3 is 0 Å². The van der Waals surface area contributed by atoms with E-state index in [1.165, 1.54) is 6.07 Å². The summed E-state index contributed by atoms with van der Waals surface area (Å²) < 4.78 is 10.7. The number of para-hydroxylation sites is 1. The molecular weight excluding hydrogens is 266 g/mol. The summed E-state index contributed by atoms with van der Waals surface area (Å²) in [7, 11) is 0. The number of halogens is 1. The summed E-state index contributed by atoms with van der Waals surface area (Å²) in [6.45, 7) is 3.89. The molecule has 0 spiro atoms. The number of carbonyl (C=O) groups is 1. The van der Waals surface area contributed by atoms with Crippen molar-refractivity contribution >= 4 is 17.5 Å². The smallest absolute Gasteiger partial charge is 0.290 e. The van der Waals surface area contributed by atoms with Crippen LogP contribution < -0.4 is 10.1 Å². The SMILES string of the molecule is C=CCNC(=O)c1ccc(Oc2ccccc2Cl)o1. The van der Waals surface area contributed by atoms with Gasteiger partial charge in [0.2, 0.25) is 0 Å². The zero-order chi connectivity index (χ0) is 13.7. The number of hydrogen-bond acceptors (Lipinski definition) is 3. The third-order valence-corrected chi connectivity index (χ3v) is 2.57. The lowest BCUT2D eigenvalue weighted by atomic mass is 10.3. The third-order valence-electron chi connectivity index (χ3n) is 2.26. The van der Waals surface area contributed by atoms with E-state index in [-0.39, 0.29) is 17.6 Å². The van der Waals surface area contributed by atoms with Gasteiger partial charge in [-0.15, -0.1) is 6.58 Å². The minimum atomic E-state index is -0.325. The lowest BCUT2D eigenvalue weighted by Crippen LogP contribution is -2.22. The number of benzene rings is 1. The van der Waals surface area contributed by atoms with E-state index < -0.39 is 0 Å². The van der Waals surface area contributed by atoms with Crippen LogP contribution in [0.3, 0.4) is 0 Å². The first-order valence-corrected chi connectivity index (χ1v) is 6.00. The maximum atomic E-state index is 11.6. The van der Waals surface area contributed by atoms with Crippen molar-refractivity contribution in [3.8, 4) is 11.7 Å². The molecule has 98 valence electrons. The molecule has 1 aromatic heterocycles. The summed E-state index contributed by atoms with van der Waals surface area (Å²) >= 11 is 5.95. The minimum absolute atomic E-state index is 0.170. The highest BCUT2D eigenvalue weighted by Crippen LogP contribution is 2.29. The Hall–Kier alpha value is -2.20. The molecule has 1 heterocycles. The van der Waals surface area contributed by atoms with Crippen LogP contribution in [-0.2, 0) is 0 Å². The molecule has 0 saturated carbocycles. The van der Waals surface area contributed by atoms with Crippen molar-refractivity contribution in [1.82, 2.24) is 5.32 Å². The largest absolute Gasteiger partial charge is 0.424 e. The number of rotatable bonds is 5. The third kappa shape index (κ3) is 3.39. The van der Waals surface area contributed by atoms with Crippen molar-refractivity contribution in [3.63, 3.8) is 0 Å². The topological polar surface area (TPSA) is 51.5 Å². The second kappa shape index (κ2) is 6.11. The highest BCUT2D eigenvalue weighted by molar-refractivity contribution is 6.32. The number of furan rings is 1. The van der Waals surface area contributed by atoms with Crippen LogP contribution in [0.4, 0.5) is 0 Å². The van der Waals surface area contributed by atoms with Gasteiger partial charge in [0.25, 0.3) is 11.9 Å². The molecule has 0 fully saturated rings. The molecule has 1 aromatic carbocycles. The summed E-state index contributed by atoms with van der Waals surface area (Å²) in [4.78, 5) is 11.6. The molecule has 2 aromatic rings. The summed E-state index contributed by atoms with van der Waals surface area (Å²) in [5.74, 6) is 0.520. The lowest BCUT2D eigenvalue weighted by molar-refractivity contribution is 0.0925. The predicted octanol–water partition coefficient (Wildman–Crippen LogP) is 3.64. The Bertz CT molecular complexity index is 592. The van der Waals surface area contributed by atoms with E-state index in [0.717, 1.165) is 0 Å². The van der Waals surface area contributed by atoms with Gasteiger partial charge in [0.1, 0.15) is 5.75 Å². The molecule has 0 saturated heterocycles. The van der Waals surface area contributed by atoms with Gasteiger partial charge in [0.15, 0.2) is 5.76 Å². The van der Waals surface area contributed by atoms with Crippen LogP contribution in [-0.4, -0.2) is 12.5 Å². The maximum absolute atomic E-state index is 11.6. The second-order valence-electron chi connectivity index (χ2n) is 3.65. The van der Waals surface area contributed by atoms with Crippen LogP contribution in [0, 0.1) is 0 Å². The number of nitrogens with one attached hydrogen (secondary N) is 1. The predicted molar refractivity (Wildman–Crippen MR) is 72.8 cm³/mol. The first kappa shape index (κ1) is 13.2. The van der Waals surface area contributed by atoms with Crippen molar-refractivity contribution < 1.29 is 13.9 Å². The van der Waals surface area contributed by atoms with Gasteiger partial charge in [-0.25, -0.2) is 0 Å². The zero-order valence-corrected chi connectivity index (χ0v) is 10.8. The summed E-state index contributed by atoms with van der Waals surface area (Å²) in [6.07, 6.45) is 1.59. The molecule has 0 aliphatic rings. The first-order chi connectivity index (χ1) is 9.20. The highest BCUT2D eigenvalue weighted by Gasteiger charge is 2.12. The average Bonchev–Trinajstić information content (AvgIpc) is 2.87. The minimum Gasteiger partial charge on any atom is -0.424 e. The van der Waals surface area contributed by atoms with Crippen LogP contribution >= 0.6 is 11.6 Å². The lowest BCUT2D eigenvalue weighted by Gasteiger charge is -2.03. The van der Waals surface area contributed by atoms with E-state index in [1.807, 2.05) is 0 Å². The van der Waals surface area contributed by atoms with Crippen molar-refractivity contribution in [1.29, 1.82) is 0 Å². The van der Waals surface area contributed by atoms with Crippen molar-refractivity contribution in [2.75, 3.05) is 6.54 Å². The first-order valence-electron chi connectivity index (χ1n) is 5.62. The Labute approximate surface area is 115 Å². The Morgan fingerprint density at radius 2 is 2.16 bits per heavy atom. The number of hydrogen-bond donors (Lipinski definition) is 1.